The zero-order valence-electron chi connectivity index (χ0n) is 12.7. The summed E-state index contributed by atoms with van der Waals surface area (Å²) in [6.45, 7) is 6.63. The second kappa shape index (κ2) is 6.92. The van der Waals surface area contributed by atoms with Gasteiger partial charge in [0.1, 0.15) is 11.6 Å². The monoisotopic (exact) mass is 291 g/mol. The molecule has 5 heteroatoms. The lowest BCUT2D eigenvalue weighted by Crippen LogP contribution is -2.42. The van der Waals surface area contributed by atoms with E-state index < -0.39 is 23.7 Å². The average molecular weight is 291 g/mol. The fourth-order valence-corrected chi connectivity index (χ4v) is 1.51. The maximum Gasteiger partial charge on any atom is 0.415 e. The summed E-state index contributed by atoms with van der Waals surface area (Å²) in [5.41, 5.74) is 0.178. The zero-order valence-corrected chi connectivity index (χ0v) is 12.7. The molecule has 0 radical (unpaired) electrons. The van der Waals surface area contributed by atoms with Gasteiger partial charge in [-0.25, -0.2) is 9.59 Å². The van der Waals surface area contributed by atoms with Crippen LogP contribution >= 0.6 is 0 Å². The number of carbonyl (C=O) groups excluding carboxylic acids is 1. The molecule has 1 aromatic rings. The first-order chi connectivity index (χ1) is 9.70. The minimum atomic E-state index is -1.10. The van der Waals surface area contributed by atoms with E-state index in [-0.39, 0.29) is 0 Å². The van der Waals surface area contributed by atoms with Crippen LogP contribution in [0.3, 0.4) is 0 Å². The number of carboxylic acid groups (broad SMARTS) is 1. The predicted molar refractivity (Wildman–Crippen MR) is 80.6 cm³/mol. The third kappa shape index (κ3) is 5.69. The number of benzene rings is 1. The lowest BCUT2D eigenvalue weighted by atomic mass is 10.2. The summed E-state index contributed by atoms with van der Waals surface area (Å²) in [4.78, 5) is 24.3. The summed E-state index contributed by atoms with van der Waals surface area (Å²) in [5.74, 6) is -1.10. The number of nitrogens with zero attached hydrogens (tertiary/aromatic N) is 1. The van der Waals surface area contributed by atoms with Gasteiger partial charge in [0.05, 0.1) is 0 Å². The molecule has 1 atom stereocenters. The number of ether oxygens (including phenoxy) is 1. The number of hydrogen-bond acceptors (Lipinski definition) is 3. The number of aliphatic carboxylic acids is 1. The molecular weight excluding hydrogens is 270 g/mol. The number of amides is 1. The molecule has 1 N–H and O–H groups in total. The molecule has 0 aliphatic heterocycles. The molecule has 0 spiro atoms. The lowest BCUT2D eigenvalue weighted by Gasteiger charge is -2.27. The Bertz CT molecular complexity index is 517. The van der Waals surface area contributed by atoms with Crippen molar-refractivity contribution >= 4 is 18.1 Å². The highest BCUT2D eigenvalue weighted by molar-refractivity contribution is 5.81. The van der Waals surface area contributed by atoms with Crippen LogP contribution in [-0.2, 0) is 9.53 Å². The van der Waals surface area contributed by atoms with Crippen LogP contribution in [0.15, 0.2) is 36.5 Å². The fourth-order valence-electron chi connectivity index (χ4n) is 1.51. The van der Waals surface area contributed by atoms with Crippen LogP contribution in [0.1, 0.15) is 33.3 Å². The largest absolute Gasteiger partial charge is 0.480 e. The van der Waals surface area contributed by atoms with E-state index in [4.69, 9.17) is 9.84 Å². The molecule has 0 aromatic heterocycles. The minimum Gasteiger partial charge on any atom is -0.480 e. The highest BCUT2D eigenvalue weighted by Gasteiger charge is 2.28. The summed E-state index contributed by atoms with van der Waals surface area (Å²) in [6.07, 6.45) is 2.41. The zero-order chi connectivity index (χ0) is 16.0. The normalized spacial score (nSPS) is 13.0. The van der Waals surface area contributed by atoms with Crippen molar-refractivity contribution in [2.45, 2.75) is 39.3 Å². The Labute approximate surface area is 124 Å². The highest BCUT2D eigenvalue weighted by Crippen LogP contribution is 2.14. The summed E-state index contributed by atoms with van der Waals surface area (Å²) in [7, 11) is 0. The molecule has 0 aliphatic rings. The number of hydrogen-bond donors (Lipinski definition) is 1. The van der Waals surface area contributed by atoms with E-state index in [0.717, 1.165) is 10.5 Å². The summed E-state index contributed by atoms with van der Waals surface area (Å²) >= 11 is 0. The quantitative estimate of drug-likeness (QED) is 0.923. The maximum absolute atomic E-state index is 12.1. The Morgan fingerprint density at radius 1 is 1.24 bits per heavy atom. The van der Waals surface area contributed by atoms with Crippen molar-refractivity contribution in [1.29, 1.82) is 0 Å². The van der Waals surface area contributed by atoms with E-state index in [2.05, 4.69) is 0 Å². The SMILES string of the molecule is CC(C(=O)O)N(C=Cc1ccccc1)C(=O)OC(C)(C)C. The van der Waals surface area contributed by atoms with Crippen molar-refractivity contribution in [2.24, 2.45) is 0 Å². The molecule has 0 fully saturated rings. The van der Waals surface area contributed by atoms with Crippen LogP contribution in [0, 0.1) is 0 Å². The molecule has 0 bridgehead atoms. The second-order valence-electron chi connectivity index (χ2n) is 5.63. The smallest absolute Gasteiger partial charge is 0.415 e. The third-order valence-corrected chi connectivity index (χ3v) is 2.61. The molecular formula is C16H21NO4. The Kier molecular flexibility index (Phi) is 5.52. The van der Waals surface area contributed by atoms with Crippen LogP contribution in [0.4, 0.5) is 4.79 Å². The van der Waals surface area contributed by atoms with Crippen molar-refractivity contribution < 1.29 is 19.4 Å². The van der Waals surface area contributed by atoms with Crippen LogP contribution in [0.5, 0.6) is 0 Å². The van der Waals surface area contributed by atoms with Gasteiger partial charge in [-0.3, -0.25) is 4.90 Å². The topological polar surface area (TPSA) is 66.8 Å². The van der Waals surface area contributed by atoms with Gasteiger partial charge in [-0.2, -0.15) is 0 Å². The minimum absolute atomic E-state index is 0.686. The van der Waals surface area contributed by atoms with E-state index in [1.54, 1.807) is 26.8 Å². The van der Waals surface area contributed by atoms with Gasteiger partial charge in [0.2, 0.25) is 0 Å². The molecule has 0 saturated carbocycles. The van der Waals surface area contributed by atoms with Crippen LogP contribution in [-0.4, -0.2) is 33.7 Å². The highest BCUT2D eigenvalue weighted by atomic mass is 16.6. The second-order valence-corrected chi connectivity index (χ2v) is 5.63. The molecule has 1 amide bonds. The average Bonchev–Trinajstić information content (AvgIpc) is 2.37. The van der Waals surface area contributed by atoms with Gasteiger partial charge in [0, 0.05) is 6.20 Å². The molecule has 1 unspecified atom stereocenters. The standard InChI is InChI=1S/C16H21NO4/c1-12(14(18)19)17(15(20)21-16(2,3)4)11-10-13-8-6-5-7-9-13/h5-12H,1-4H3,(H,18,19). The van der Waals surface area contributed by atoms with Gasteiger partial charge in [0.15, 0.2) is 0 Å². The molecule has 0 saturated heterocycles. The molecule has 1 aromatic carbocycles. The fraction of sp³-hybridized carbons (Fsp3) is 0.375. The first kappa shape index (κ1) is 16.8. The molecule has 114 valence electrons. The van der Waals surface area contributed by atoms with Gasteiger partial charge in [0.25, 0.3) is 0 Å². The van der Waals surface area contributed by atoms with Gasteiger partial charge in [-0.15, -0.1) is 0 Å². The Morgan fingerprint density at radius 3 is 2.29 bits per heavy atom. The van der Waals surface area contributed by atoms with Crippen molar-refractivity contribution in [3.63, 3.8) is 0 Å². The Morgan fingerprint density at radius 2 is 1.81 bits per heavy atom. The summed E-state index contributed by atoms with van der Waals surface area (Å²) in [5, 5.41) is 9.11. The van der Waals surface area contributed by atoms with E-state index in [9.17, 15) is 9.59 Å². The van der Waals surface area contributed by atoms with Crippen molar-refractivity contribution in [1.82, 2.24) is 4.90 Å². The van der Waals surface area contributed by atoms with Gasteiger partial charge in [-0.05, 0) is 39.3 Å². The van der Waals surface area contributed by atoms with E-state index in [0.29, 0.717) is 0 Å². The molecule has 1 rings (SSSR count). The Hall–Kier alpha value is -2.30. The molecule has 21 heavy (non-hydrogen) atoms. The van der Waals surface area contributed by atoms with Gasteiger partial charge in [-0.1, -0.05) is 30.3 Å². The number of rotatable bonds is 4. The van der Waals surface area contributed by atoms with E-state index in [1.807, 2.05) is 30.3 Å². The first-order valence-electron chi connectivity index (χ1n) is 6.68. The van der Waals surface area contributed by atoms with Crippen molar-refractivity contribution in [3.8, 4) is 0 Å². The molecule has 5 nitrogen and oxygen atoms in total. The molecule has 0 aliphatic carbocycles. The van der Waals surface area contributed by atoms with E-state index >= 15 is 0 Å². The van der Waals surface area contributed by atoms with Crippen molar-refractivity contribution in [2.75, 3.05) is 0 Å². The number of carbonyl (C=O) groups is 2. The third-order valence-electron chi connectivity index (χ3n) is 2.61. The predicted octanol–water partition coefficient (Wildman–Crippen LogP) is 3.37. The summed E-state index contributed by atoms with van der Waals surface area (Å²) < 4.78 is 5.23. The Balaban J connectivity index is 2.95. The molecule has 0 heterocycles. The first-order valence-corrected chi connectivity index (χ1v) is 6.68. The van der Waals surface area contributed by atoms with Crippen LogP contribution < -0.4 is 0 Å². The maximum atomic E-state index is 12.1. The van der Waals surface area contributed by atoms with E-state index in [1.165, 1.54) is 13.1 Å². The van der Waals surface area contributed by atoms with Gasteiger partial charge < -0.3 is 9.84 Å². The number of carboxylic acids is 1. The lowest BCUT2D eigenvalue weighted by molar-refractivity contribution is -0.141. The summed E-state index contributed by atoms with van der Waals surface area (Å²) in [6, 6.07) is 8.29. The van der Waals surface area contributed by atoms with Gasteiger partial charge >= 0.3 is 12.1 Å². The van der Waals surface area contributed by atoms with Crippen LogP contribution in [0.2, 0.25) is 0 Å². The van der Waals surface area contributed by atoms with Crippen molar-refractivity contribution in [3.05, 3.63) is 42.1 Å². The van der Waals surface area contributed by atoms with Crippen LogP contribution in [0.25, 0.3) is 6.08 Å².